The highest BCUT2D eigenvalue weighted by molar-refractivity contribution is 7.80. The lowest BCUT2D eigenvalue weighted by Gasteiger charge is -2.26. The minimum atomic E-state index is 0.459. The number of methoxy groups -OCH3 is 3. The van der Waals surface area contributed by atoms with Crippen molar-refractivity contribution >= 4 is 23.5 Å². The largest absolute Gasteiger partial charge is 0.496 e. The van der Waals surface area contributed by atoms with Crippen molar-refractivity contribution in [1.82, 2.24) is 15.6 Å². The summed E-state index contributed by atoms with van der Waals surface area (Å²) in [6.07, 6.45) is 1.60. The molecule has 1 aliphatic rings. The molecule has 26 heavy (non-hydrogen) atoms. The van der Waals surface area contributed by atoms with Crippen LogP contribution in [0.4, 0.5) is 0 Å². The Morgan fingerprint density at radius 2 is 1.85 bits per heavy atom. The fourth-order valence-electron chi connectivity index (χ4n) is 2.51. The Kier molecular flexibility index (Phi) is 8.39. The van der Waals surface area contributed by atoms with E-state index in [0.29, 0.717) is 27.9 Å². The first kappa shape index (κ1) is 20.2. The fourth-order valence-corrected chi connectivity index (χ4v) is 2.66. The van der Waals surface area contributed by atoms with E-state index in [2.05, 4.69) is 20.7 Å². The zero-order valence-electron chi connectivity index (χ0n) is 15.4. The summed E-state index contributed by atoms with van der Waals surface area (Å²) < 4.78 is 21.3. The molecule has 0 amide bonds. The number of ether oxygens (including phenoxy) is 4. The van der Waals surface area contributed by atoms with Gasteiger partial charge in [0.25, 0.3) is 0 Å². The van der Waals surface area contributed by atoms with Crippen LogP contribution in [0.1, 0.15) is 5.56 Å². The van der Waals surface area contributed by atoms with Crippen LogP contribution < -0.4 is 25.0 Å². The third-order valence-corrected chi connectivity index (χ3v) is 4.17. The number of nitrogens with zero attached hydrogens (tertiary/aromatic N) is 2. The summed E-state index contributed by atoms with van der Waals surface area (Å²) in [5.41, 5.74) is 3.50. The highest BCUT2D eigenvalue weighted by atomic mass is 32.1. The van der Waals surface area contributed by atoms with Gasteiger partial charge in [-0.2, -0.15) is 5.10 Å². The van der Waals surface area contributed by atoms with Crippen LogP contribution >= 0.6 is 12.2 Å². The molecule has 1 saturated heterocycles. The summed E-state index contributed by atoms with van der Waals surface area (Å²) in [4.78, 5) is 2.33. The van der Waals surface area contributed by atoms with Crippen molar-refractivity contribution in [2.75, 3.05) is 60.7 Å². The predicted molar refractivity (Wildman–Crippen MR) is 105 cm³/mol. The van der Waals surface area contributed by atoms with Crippen LogP contribution in [0.15, 0.2) is 17.2 Å². The summed E-state index contributed by atoms with van der Waals surface area (Å²) in [5.74, 6) is 1.83. The van der Waals surface area contributed by atoms with Gasteiger partial charge < -0.3 is 24.3 Å². The van der Waals surface area contributed by atoms with E-state index in [4.69, 9.17) is 31.2 Å². The molecule has 0 aromatic heterocycles. The lowest BCUT2D eigenvalue weighted by Crippen LogP contribution is -2.42. The van der Waals surface area contributed by atoms with Gasteiger partial charge in [0.2, 0.25) is 0 Å². The topological polar surface area (TPSA) is 76.6 Å². The van der Waals surface area contributed by atoms with Gasteiger partial charge in [0.1, 0.15) is 17.2 Å². The van der Waals surface area contributed by atoms with E-state index in [9.17, 15) is 0 Å². The molecule has 144 valence electrons. The average Bonchev–Trinajstić information content (AvgIpc) is 2.68. The molecule has 0 bridgehead atoms. The normalized spacial score (nSPS) is 14.9. The molecule has 8 nitrogen and oxygen atoms in total. The second-order valence-corrected chi connectivity index (χ2v) is 5.93. The highest BCUT2D eigenvalue weighted by Gasteiger charge is 2.12. The minimum Gasteiger partial charge on any atom is -0.496 e. The molecule has 1 fully saturated rings. The third kappa shape index (κ3) is 6.01. The molecule has 1 heterocycles. The molecule has 0 saturated carbocycles. The summed E-state index contributed by atoms with van der Waals surface area (Å²) >= 11 is 5.24. The van der Waals surface area contributed by atoms with Crippen molar-refractivity contribution in [1.29, 1.82) is 0 Å². The maximum atomic E-state index is 5.38. The van der Waals surface area contributed by atoms with E-state index < -0.39 is 0 Å². The van der Waals surface area contributed by atoms with Crippen LogP contribution in [0.2, 0.25) is 0 Å². The molecule has 1 aliphatic heterocycles. The second-order valence-electron chi connectivity index (χ2n) is 5.53. The summed E-state index contributed by atoms with van der Waals surface area (Å²) in [7, 11) is 4.75. The van der Waals surface area contributed by atoms with Crippen molar-refractivity contribution in [3.63, 3.8) is 0 Å². The van der Waals surface area contributed by atoms with Crippen LogP contribution in [0.25, 0.3) is 0 Å². The minimum absolute atomic E-state index is 0.459. The van der Waals surface area contributed by atoms with Gasteiger partial charge >= 0.3 is 0 Å². The SMILES string of the molecule is COc1cc(OC)c(/C=N/NC(=S)NCCN2CCOCC2)c(OC)c1. The zero-order chi connectivity index (χ0) is 18.8. The van der Waals surface area contributed by atoms with Crippen molar-refractivity contribution in [3.05, 3.63) is 17.7 Å². The maximum absolute atomic E-state index is 5.38. The van der Waals surface area contributed by atoms with E-state index in [1.807, 2.05) is 0 Å². The van der Waals surface area contributed by atoms with Crippen LogP contribution in [-0.4, -0.2) is 76.9 Å². The Balaban J connectivity index is 1.85. The molecule has 9 heteroatoms. The number of thiocarbonyl (C=S) groups is 1. The first-order chi connectivity index (χ1) is 12.7. The number of rotatable bonds is 8. The quantitative estimate of drug-likeness (QED) is 0.389. The van der Waals surface area contributed by atoms with Crippen LogP contribution in [0.5, 0.6) is 17.2 Å². The van der Waals surface area contributed by atoms with Gasteiger partial charge in [-0.25, -0.2) is 0 Å². The Morgan fingerprint density at radius 1 is 1.19 bits per heavy atom. The van der Waals surface area contributed by atoms with E-state index in [1.54, 1.807) is 39.7 Å². The van der Waals surface area contributed by atoms with Crippen molar-refractivity contribution < 1.29 is 18.9 Å². The van der Waals surface area contributed by atoms with Gasteiger partial charge in [-0.15, -0.1) is 0 Å². The molecule has 0 radical (unpaired) electrons. The number of hydrazone groups is 1. The first-order valence-electron chi connectivity index (χ1n) is 8.35. The van der Waals surface area contributed by atoms with Gasteiger partial charge in [0.15, 0.2) is 5.11 Å². The maximum Gasteiger partial charge on any atom is 0.187 e. The van der Waals surface area contributed by atoms with Gasteiger partial charge in [0.05, 0.1) is 46.3 Å². The zero-order valence-corrected chi connectivity index (χ0v) is 16.2. The Hall–Kier alpha value is -2.10. The second kappa shape index (κ2) is 10.8. The number of hydrogen-bond acceptors (Lipinski definition) is 7. The molecule has 1 aromatic carbocycles. The van der Waals surface area contributed by atoms with Crippen molar-refractivity contribution in [2.45, 2.75) is 0 Å². The number of nitrogens with one attached hydrogen (secondary N) is 2. The Bertz CT molecular complexity index is 596. The molecule has 0 unspecified atom stereocenters. The standard InChI is InChI=1S/C17H26N4O4S/c1-22-13-10-15(23-2)14(16(11-13)24-3)12-19-20-17(26)18-4-5-21-6-8-25-9-7-21/h10-12H,4-9H2,1-3H3,(H2,18,20,26)/b19-12+. The van der Waals surface area contributed by atoms with E-state index in [1.165, 1.54) is 0 Å². The number of hydrogen-bond donors (Lipinski definition) is 2. The van der Waals surface area contributed by atoms with E-state index in [-0.39, 0.29) is 0 Å². The summed E-state index contributed by atoms with van der Waals surface area (Å²) in [6, 6.07) is 3.53. The summed E-state index contributed by atoms with van der Waals surface area (Å²) in [5, 5.41) is 7.76. The van der Waals surface area contributed by atoms with Crippen LogP contribution in [-0.2, 0) is 4.74 Å². The van der Waals surface area contributed by atoms with Gasteiger partial charge in [-0.05, 0) is 12.2 Å². The van der Waals surface area contributed by atoms with E-state index in [0.717, 1.165) is 39.4 Å². The molecule has 2 rings (SSSR count). The third-order valence-electron chi connectivity index (χ3n) is 3.93. The van der Waals surface area contributed by atoms with Crippen LogP contribution in [0, 0.1) is 0 Å². The molecule has 0 aliphatic carbocycles. The van der Waals surface area contributed by atoms with Gasteiger partial charge in [0, 0.05) is 38.3 Å². The Labute approximate surface area is 159 Å². The molecular weight excluding hydrogens is 356 g/mol. The molecule has 1 aromatic rings. The Morgan fingerprint density at radius 3 is 2.42 bits per heavy atom. The molecular formula is C17H26N4O4S. The monoisotopic (exact) mass is 382 g/mol. The number of morpholine rings is 1. The lowest BCUT2D eigenvalue weighted by molar-refractivity contribution is 0.0389. The molecule has 2 N–H and O–H groups in total. The van der Waals surface area contributed by atoms with Crippen molar-refractivity contribution in [2.24, 2.45) is 5.10 Å². The highest BCUT2D eigenvalue weighted by Crippen LogP contribution is 2.32. The fraction of sp³-hybridized carbons (Fsp3) is 0.529. The predicted octanol–water partition coefficient (Wildman–Crippen LogP) is 0.843. The smallest absolute Gasteiger partial charge is 0.187 e. The summed E-state index contributed by atoms with van der Waals surface area (Å²) in [6.45, 7) is 5.15. The molecule has 0 atom stereocenters. The average molecular weight is 382 g/mol. The van der Waals surface area contributed by atoms with Crippen LogP contribution in [0.3, 0.4) is 0 Å². The van der Waals surface area contributed by atoms with Gasteiger partial charge in [-0.1, -0.05) is 0 Å². The van der Waals surface area contributed by atoms with Crippen molar-refractivity contribution in [3.8, 4) is 17.2 Å². The van der Waals surface area contributed by atoms with E-state index >= 15 is 0 Å². The van der Waals surface area contributed by atoms with Gasteiger partial charge in [-0.3, -0.25) is 10.3 Å². The lowest BCUT2D eigenvalue weighted by atomic mass is 10.2. The number of benzene rings is 1. The molecule has 0 spiro atoms. The first-order valence-corrected chi connectivity index (χ1v) is 8.75.